The van der Waals surface area contributed by atoms with E-state index in [9.17, 15) is 10.1 Å². The first kappa shape index (κ1) is 11.2. The molecule has 1 aromatic carbocycles. The van der Waals surface area contributed by atoms with Gasteiger partial charge in [-0.1, -0.05) is 6.08 Å². The second kappa shape index (κ2) is 4.54. The quantitative estimate of drug-likeness (QED) is 0.372. The summed E-state index contributed by atoms with van der Waals surface area (Å²) in [5, 5.41) is 10.5. The van der Waals surface area contributed by atoms with Gasteiger partial charge in [-0.2, -0.15) is 0 Å². The van der Waals surface area contributed by atoms with E-state index in [4.69, 9.17) is 0 Å². The Morgan fingerprint density at radius 2 is 2.21 bits per heavy atom. The van der Waals surface area contributed by atoms with Crippen molar-refractivity contribution in [3.05, 3.63) is 57.0 Å². The van der Waals surface area contributed by atoms with E-state index in [2.05, 4.69) is 36.1 Å². The average Bonchev–Trinajstić information content (AvgIpc) is 2.17. The van der Waals surface area contributed by atoms with E-state index in [0.29, 0.717) is 0 Å². The van der Waals surface area contributed by atoms with Gasteiger partial charge in [0.05, 0.1) is 4.92 Å². The molecule has 1 unspecified atom stereocenters. The van der Waals surface area contributed by atoms with Crippen LogP contribution in [-0.2, 0) is 0 Å². The zero-order valence-corrected chi connectivity index (χ0v) is 9.60. The lowest BCUT2D eigenvalue weighted by molar-refractivity contribution is -0.384. The van der Waals surface area contributed by atoms with Crippen LogP contribution in [0, 0.1) is 20.6 Å². The van der Waals surface area contributed by atoms with E-state index >= 15 is 0 Å². The third-order valence-electron chi connectivity index (χ3n) is 1.87. The van der Waals surface area contributed by atoms with Gasteiger partial charge in [0.25, 0.3) is 5.69 Å². The molecule has 0 aliphatic heterocycles. The second-order valence-corrected chi connectivity index (χ2v) is 3.97. The lowest BCUT2D eigenvalue weighted by Crippen LogP contribution is -1.96. The van der Waals surface area contributed by atoms with Crippen LogP contribution < -0.4 is 0 Å². The summed E-state index contributed by atoms with van der Waals surface area (Å²) in [7, 11) is 0. The van der Waals surface area contributed by atoms with Gasteiger partial charge in [-0.25, -0.2) is 0 Å². The molecule has 1 rings (SSSR count). The maximum atomic E-state index is 10.5. The Balaban J connectivity index is 3.20. The van der Waals surface area contributed by atoms with E-state index in [0.717, 1.165) is 9.13 Å². The van der Waals surface area contributed by atoms with Crippen molar-refractivity contribution in [3.8, 4) is 0 Å². The summed E-state index contributed by atoms with van der Waals surface area (Å²) >= 11 is 2.13. The summed E-state index contributed by atoms with van der Waals surface area (Å²) in [5.74, 6) is -0.109. The maximum absolute atomic E-state index is 10.5. The molecule has 1 aromatic rings. The first-order chi connectivity index (χ1) is 6.56. The van der Waals surface area contributed by atoms with Gasteiger partial charge in [0.15, 0.2) is 0 Å². The minimum atomic E-state index is -0.407. The number of benzene rings is 1. The molecule has 73 valence electrons. The second-order valence-electron chi connectivity index (χ2n) is 2.81. The normalized spacial score (nSPS) is 12.1. The number of nitro groups is 1. The van der Waals surface area contributed by atoms with Crippen LogP contribution in [0.15, 0.2) is 30.9 Å². The van der Waals surface area contributed by atoms with Crippen LogP contribution in [0.1, 0.15) is 11.5 Å². The van der Waals surface area contributed by atoms with Gasteiger partial charge in [0.2, 0.25) is 0 Å². The topological polar surface area (TPSA) is 43.1 Å². The zero-order valence-electron chi connectivity index (χ0n) is 7.44. The van der Waals surface area contributed by atoms with Crippen molar-refractivity contribution < 1.29 is 4.92 Å². The van der Waals surface area contributed by atoms with Crippen molar-refractivity contribution in [2.75, 3.05) is 0 Å². The fraction of sp³-hybridized carbons (Fsp3) is 0.100. The average molecular weight is 302 g/mol. The molecule has 0 N–H and O–H groups in total. The Kier molecular flexibility index (Phi) is 3.62. The van der Waals surface area contributed by atoms with Crippen molar-refractivity contribution in [2.24, 2.45) is 0 Å². The van der Waals surface area contributed by atoms with Crippen LogP contribution in [0.5, 0.6) is 0 Å². The highest BCUT2D eigenvalue weighted by Gasteiger charge is 2.12. The molecule has 1 radical (unpaired) electrons. The maximum Gasteiger partial charge on any atom is 0.269 e. The fourth-order valence-electron chi connectivity index (χ4n) is 1.06. The molecule has 3 nitrogen and oxygen atoms in total. The van der Waals surface area contributed by atoms with E-state index in [1.165, 1.54) is 6.07 Å². The molecule has 0 saturated heterocycles. The highest BCUT2D eigenvalue weighted by molar-refractivity contribution is 14.1. The lowest BCUT2D eigenvalue weighted by Gasteiger charge is -2.08. The molecule has 0 bridgehead atoms. The molecular weight excluding hydrogens is 293 g/mol. The van der Waals surface area contributed by atoms with Crippen LogP contribution in [0.25, 0.3) is 0 Å². The highest BCUT2D eigenvalue weighted by Crippen LogP contribution is 2.26. The standard InChI is InChI=1S/C10H9INO2/c1-3-7(2)9-6-8(12(13)14)4-5-10(9)11/h3-7H,1-2H2. The number of hydrogen-bond acceptors (Lipinski definition) is 2. The summed E-state index contributed by atoms with van der Waals surface area (Å²) in [5.41, 5.74) is 0.936. The molecule has 14 heavy (non-hydrogen) atoms. The van der Waals surface area contributed by atoms with Crippen molar-refractivity contribution in [2.45, 2.75) is 5.92 Å². The number of hydrogen-bond donors (Lipinski definition) is 0. The van der Waals surface area contributed by atoms with Crippen molar-refractivity contribution >= 4 is 28.3 Å². The van der Waals surface area contributed by atoms with Crippen LogP contribution >= 0.6 is 22.6 Å². The largest absolute Gasteiger partial charge is 0.269 e. The minimum Gasteiger partial charge on any atom is -0.258 e. The summed E-state index contributed by atoms with van der Waals surface area (Å²) in [6, 6.07) is 4.75. The minimum absolute atomic E-state index is 0.0934. The SMILES string of the molecule is [CH2]C(C=C)c1cc([N+](=O)[O-])ccc1I. The monoisotopic (exact) mass is 302 g/mol. The lowest BCUT2D eigenvalue weighted by atomic mass is 10.0. The van der Waals surface area contributed by atoms with E-state index in [1.807, 2.05) is 0 Å². The van der Waals surface area contributed by atoms with Gasteiger partial charge in [-0.15, -0.1) is 6.58 Å². The van der Waals surface area contributed by atoms with Gasteiger partial charge in [0, 0.05) is 21.6 Å². The predicted octanol–water partition coefficient (Wildman–Crippen LogP) is 3.30. The Morgan fingerprint density at radius 1 is 1.57 bits per heavy atom. The predicted molar refractivity (Wildman–Crippen MR) is 64.1 cm³/mol. The van der Waals surface area contributed by atoms with Crippen LogP contribution in [0.4, 0.5) is 5.69 Å². The molecule has 4 heteroatoms. The highest BCUT2D eigenvalue weighted by atomic mass is 127. The molecule has 0 amide bonds. The third kappa shape index (κ3) is 2.31. The Bertz CT molecular complexity index is 376. The van der Waals surface area contributed by atoms with Crippen LogP contribution in [-0.4, -0.2) is 4.92 Å². The van der Waals surface area contributed by atoms with E-state index < -0.39 is 4.92 Å². The molecule has 0 aliphatic carbocycles. The number of allylic oxidation sites excluding steroid dienone is 1. The number of nitrogens with zero attached hydrogens (tertiary/aromatic N) is 1. The Labute approximate surface area is 96.1 Å². The van der Waals surface area contributed by atoms with Crippen molar-refractivity contribution in [3.63, 3.8) is 0 Å². The van der Waals surface area contributed by atoms with E-state index in [-0.39, 0.29) is 11.6 Å². The molecular formula is C10H9INO2. The summed E-state index contributed by atoms with van der Waals surface area (Å²) in [6.45, 7) is 7.46. The molecule has 0 heterocycles. The first-order valence-electron chi connectivity index (χ1n) is 3.95. The molecule has 0 aliphatic rings. The third-order valence-corrected chi connectivity index (χ3v) is 2.86. The van der Waals surface area contributed by atoms with Gasteiger partial charge in [-0.05, 0) is 41.1 Å². The molecule has 0 saturated carbocycles. The summed E-state index contributed by atoms with van der Waals surface area (Å²) in [4.78, 5) is 10.1. The number of non-ortho nitro benzene ring substituents is 1. The van der Waals surface area contributed by atoms with Gasteiger partial charge in [-0.3, -0.25) is 10.1 Å². The van der Waals surface area contributed by atoms with Crippen molar-refractivity contribution in [1.82, 2.24) is 0 Å². The Hall–Kier alpha value is -0.910. The molecule has 0 spiro atoms. The molecule has 0 aromatic heterocycles. The summed E-state index contributed by atoms with van der Waals surface area (Å²) in [6.07, 6.45) is 1.67. The number of rotatable bonds is 3. The van der Waals surface area contributed by atoms with Gasteiger partial charge in [0.1, 0.15) is 0 Å². The van der Waals surface area contributed by atoms with Gasteiger partial charge < -0.3 is 0 Å². The number of nitro benzene ring substituents is 1. The van der Waals surface area contributed by atoms with E-state index in [1.54, 1.807) is 18.2 Å². The molecule has 1 atom stereocenters. The number of halogens is 1. The van der Waals surface area contributed by atoms with Crippen LogP contribution in [0.2, 0.25) is 0 Å². The zero-order chi connectivity index (χ0) is 10.7. The first-order valence-corrected chi connectivity index (χ1v) is 5.03. The fourth-order valence-corrected chi connectivity index (χ4v) is 1.79. The molecule has 0 fully saturated rings. The Morgan fingerprint density at radius 3 is 2.71 bits per heavy atom. The smallest absolute Gasteiger partial charge is 0.258 e. The van der Waals surface area contributed by atoms with Gasteiger partial charge >= 0.3 is 0 Å². The van der Waals surface area contributed by atoms with Crippen molar-refractivity contribution in [1.29, 1.82) is 0 Å². The summed E-state index contributed by atoms with van der Waals surface area (Å²) < 4.78 is 0.966. The van der Waals surface area contributed by atoms with Crippen LogP contribution in [0.3, 0.4) is 0 Å².